The lowest BCUT2D eigenvalue weighted by Gasteiger charge is -2.21. The summed E-state index contributed by atoms with van der Waals surface area (Å²) in [5.74, 6) is -2.72. The molecular weight excluding hydrogens is 392 g/mol. The second-order valence-electron chi connectivity index (χ2n) is 7.08. The van der Waals surface area contributed by atoms with Crippen LogP contribution < -0.4 is 20.9 Å². The molecule has 0 saturated carbocycles. The number of aliphatic imine (C=N–C) groups is 1. The van der Waals surface area contributed by atoms with Crippen LogP contribution in [0.25, 0.3) is 5.65 Å². The maximum Gasteiger partial charge on any atom is 0.271 e. The Labute approximate surface area is 174 Å². The van der Waals surface area contributed by atoms with E-state index >= 15 is 0 Å². The number of allylic oxidation sites excluding steroid dienone is 2. The van der Waals surface area contributed by atoms with Gasteiger partial charge >= 0.3 is 0 Å². The zero-order valence-corrected chi connectivity index (χ0v) is 18.0. The number of alkyl halides is 2. The van der Waals surface area contributed by atoms with E-state index in [1.807, 2.05) is 0 Å². The number of nitrogens with one attached hydrogen (secondary N) is 2. The molecule has 2 aromatic rings. The zero-order valence-electron chi connectivity index (χ0n) is 18.0. The van der Waals surface area contributed by atoms with Gasteiger partial charge in [0, 0.05) is 50.2 Å². The molecule has 0 bridgehead atoms. The van der Waals surface area contributed by atoms with Crippen molar-refractivity contribution in [2.75, 3.05) is 14.1 Å². The van der Waals surface area contributed by atoms with E-state index in [0.717, 1.165) is 17.5 Å². The van der Waals surface area contributed by atoms with Crippen LogP contribution in [0.5, 0.6) is 5.88 Å². The first kappa shape index (κ1) is 23.1. The van der Waals surface area contributed by atoms with Gasteiger partial charge in [-0.25, -0.2) is 8.78 Å². The quantitative estimate of drug-likeness (QED) is 0.506. The standard InChI is InChI=1S/C21H27F2N5O2/c1-12(2)26-14(4)17-8-15(21(5,22)23)11-28-18(17)27-19(13(3)20(28)29)30-16(9-24-6)10-25-7/h8-11,14,24,26H,1H2,2-7H3/b16-9+,25-10?/t14-/m1/s1. The van der Waals surface area contributed by atoms with Crippen molar-refractivity contribution in [2.45, 2.75) is 39.7 Å². The maximum atomic E-state index is 14.1. The smallest absolute Gasteiger partial charge is 0.271 e. The Morgan fingerprint density at radius 3 is 2.67 bits per heavy atom. The van der Waals surface area contributed by atoms with Gasteiger partial charge in [0.25, 0.3) is 11.5 Å². The topological polar surface area (TPSA) is 80.0 Å². The third-order valence-electron chi connectivity index (χ3n) is 4.33. The summed E-state index contributed by atoms with van der Waals surface area (Å²) < 4.78 is 35.1. The van der Waals surface area contributed by atoms with Gasteiger partial charge in [-0.15, -0.1) is 0 Å². The summed E-state index contributed by atoms with van der Waals surface area (Å²) in [4.78, 5) is 21.4. The van der Waals surface area contributed by atoms with Gasteiger partial charge in [-0.3, -0.25) is 14.2 Å². The van der Waals surface area contributed by atoms with E-state index in [1.54, 1.807) is 34.1 Å². The van der Waals surface area contributed by atoms with E-state index in [1.165, 1.54) is 19.2 Å². The molecule has 0 saturated heterocycles. The number of pyridine rings is 1. The van der Waals surface area contributed by atoms with Crippen molar-refractivity contribution in [3.8, 4) is 5.88 Å². The van der Waals surface area contributed by atoms with E-state index in [4.69, 9.17) is 4.74 Å². The minimum absolute atomic E-state index is 0.0705. The molecule has 0 radical (unpaired) electrons. The molecule has 9 heteroatoms. The van der Waals surface area contributed by atoms with Crippen LogP contribution in [0.15, 0.2) is 46.3 Å². The summed E-state index contributed by atoms with van der Waals surface area (Å²) in [6.45, 7) is 9.66. The fourth-order valence-electron chi connectivity index (χ4n) is 2.91. The molecule has 0 spiro atoms. The molecule has 0 aromatic carbocycles. The van der Waals surface area contributed by atoms with Gasteiger partial charge < -0.3 is 15.4 Å². The number of halogens is 2. The van der Waals surface area contributed by atoms with Crippen LogP contribution in [0, 0.1) is 6.92 Å². The van der Waals surface area contributed by atoms with Crippen LogP contribution in [0.2, 0.25) is 0 Å². The lowest BCUT2D eigenvalue weighted by Crippen LogP contribution is -2.25. The molecule has 0 aliphatic carbocycles. The van der Waals surface area contributed by atoms with Crippen LogP contribution in [0.4, 0.5) is 8.78 Å². The summed E-state index contributed by atoms with van der Waals surface area (Å²) in [5.41, 5.74) is 0.684. The Balaban J connectivity index is 2.81. The fourth-order valence-corrected chi connectivity index (χ4v) is 2.91. The van der Waals surface area contributed by atoms with Gasteiger partial charge in [0.1, 0.15) is 5.65 Å². The fraction of sp³-hybridized carbons (Fsp3) is 0.381. The monoisotopic (exact) mass is 419 g/mol. The molecular formula is C21H27F2N5O2. The summed E-state index contributed by atoms with van der Waals surface area (Å²) in [6, 6.07) is 0.922. The molecule has 7 nitrogen and oxygen atoms in total. The van der Waals surface area contributed by atoms with Crippen LogP contribution in [-0.4, -0.2) is 29.7 Å². The van der Waals surface area contributed by atoms with Crippen molar-refractivity contribution >= 4 is 11.9 Å². The maximum absolute atomic E-state index is 14.1. The summed E-state index contributed by atoms with van der Waals surface area (Å²) in [7, 11) is 3.27. The number of fused-ring (bicyclic) bond motifs is 1. The molecule has 30 heavy (non-hydrogen) atoms. The van der Waals surface area contributed by atoms with Crippen molar-refractivity contribution < 1.29 is 13.5 Å². The summed E-state index contributed by atoms with van der Waals surface area (Å²) in [5, 5.41) is 5.91. The van der Waals surface area contributed by atoms with E-state index < -0.39 is 17.5 Å². The van der Waals surface area contributed by atoms with Crippen molar-refractivity contribution in [3.63, 3.8) is 0 Å². The SMILES string of the molecule is C=C(C)N[C@H](C)c1cc(C(C)(F)F)cn2c(=O)c(C)c(O/C(C=NC)=C/NC)nc12. The average Bonchev–Trinajstić information content (AvgIpc) is 2.64. The molecule has 1 atom stereocenters. The Morgan fingerprint density at radius 2 is 2.13 bits per heavy atom. The van der Waals surface area contributed by atoms with Crippen LogP contribution in [0.3, 0.4) is 0 Å². The highest BCUT2D eigenvalue weighted by molar-refractivity contribution is 5.76. The molecule has 162 valence electrons. The molecule has 0 amide bonds. The van der Waals surface area contributed by atoms with E-state index in [2.05, 4.69) is 27.2 Å². The first-order chi connectivity index (χ1) is 14.0. The summed E-state index contributed by atoms with van der Waals surface area (Å²) in [6.07, 6.45) is 4.14. The van der Waals surface area contributed by atoms with E-state index in [0.29, 0.717) is 17.0 Å². The van der Waals surface area contributed by atoms with Crippen molar-refractivity contribution in [3.05, 3.63) is 63.5 Å². The van der Waals surface area contributed by atoms with Crippen molar-refractivity contribution in [1.29, 1.82) is 0 Å². The molecule has 0 aliphatic rings. The van der Waals surface area contributed by atoms with Gasteiger partial charge in [-0.05, 0) is 26.8 Å². The molecule has 2 aromatic heterocycles. The Bertz CT molecular complexity index is 1070. The van der Waals surface area contributed by atoms with E-state index in [-0.39, 0.29) is 22.7 Å². The molecule has 2 N–H and O–H groups in total. The minimum Gasteiger partial charge on any atom is -0.435 e. The van der Waals surface area contributed by atoms with Crippen molar-refractivity contribution in [2.24, 2.45) is 4.99 Å². The number of rotatable bonds is 8. The molecule has 2 rings (SSSR count). The van der Waals surface area contributed by atoms with Crippen LogP contribution >= 0.6 is 0 Å². The minimum atomic E-state index is -3.13. The number of ether oxygens (including phenoxy) is 1. The van der Waals surface area contributed by atoms with E-state index in [9.17, 15) is 13.6 Å². The largest absolute Gasteiger partial charge is 0.435 e. The Hall–Kier alpha value is -3.23. The van der Waals surface area contributed by atoms with Gasteiger partial charge in [0.2, 0.25) is 5.88 Å². The molecule has 0 unspecified atom stereocenters. The highest BCUT2D eigenvalue weighted by Gasteiger charge is 2.28. The predicted molar refractivity (Wildman–Crippen MR) is 114 cm³/mol. The number of nitrogens with zero attached hydrogens (tertiary/aromatic N) is 3. The highest BCUT2D eigenvalue weighted by atomic mass is 19.3. The zero-order chi connectivity index (χ0) is 22.6. The summed E-state index contributed by atoms with van der Waals surface area (Å²) >= 11 is 0. The molecule has 0 aliphatic heterocycles. The second-order valence-corrected chi connectivity index (χ2v) is 7.08. The average molecular weight is 419 g/mol. The normalized spacial score (nSPS) is 13.5. The second kappa shape index (κ2) is 9.06. The van der Waals surface area contributed by atoms with Gasteiger partial charge in [0.15, 0.2) is 5.76 Å². The third kappa shape index (κ3) is 5.03. The predicted octanol–water partition coefficient (Wildman–Crippen LogP) is 3.44. The first-order valence-electron chi connectivity index (χ1n) is 9.34. The van der Waals surface area contributed by atoms with Crippen LogP contribution in [0.1, 0.15) is 43.5 Å². The lowest BCUT2D eigenvalue weighted by molar-refractivity contribution is 0.0169. The Morgan fingerprint density at radius 1 is 1.47 bits per heavy atom. The molecule has 0 fully saturated rings. The van der Waals surface area contributed by atoms with Gasteiger partial charge in [0.05, 0.1) is 17.8 Å². The lowest BCUT2D eigenvalue weighted by atomic mass is 10.0. The highest BCUT2D eigenvalue weighted by Crippen LogP contribution is 2.31. The van der Waals surface area contributed by atoms with Gasteiger partial charge in [-0.2, -0.15) is 4.98 Å². The van der Waals surface area contributed by atoms with Crippen LogP contribution in [-0.2, 0) is 5.92 Å². The molecule has 2 heterocycles. The first-order valence-corrected chi connectivity index (χ1v) is 9.34. The van der Waals surface area contributed by atoms with Crippen molar-refractivity contribution in [1.82, 2.24) is 20.0 Å². The third-order valence-corrected chi connectivity index (χ3v) is 4.33. The van der Waals surface area contributed by atoms with Gasteiger partial charge in [-0.1, -0.05) is 6.58 Å². The number of hydrogen-bond acceptors (Lipinski definition) is 6. The Kier molecular flexibility index (Phi) is 6.96. The number of hydrogen-bond donors (Lipinski definition) is 2. The number of aromatic nitrogens is 2.